The Morgan fingerprint density at radius 3 is 2.67 bits per heavy atom. The van der Waals surface area contributed by atoms with Crippen molar-refractivity contribution in [2.24, 2.45) is 4.40 Å². The third-order valence-corrected chi connectivity index (χ3v) is 5.05. The van der Waals surface area contributed by atoms with Gasteiger partial charge in [0.1, 0.15) is 16.1 Å². The van der Waals surface area contributed by atoms with E-state index in [1.54, 1.807) is 12.3 Å². The number of halogens is 2. The molecule has 1 aromatic carbocycles. The highest BCUT2D eigenvalue weighted by atomic mass is 32.2. The maximum Gasteiger partial charge on any atom is 0.273 e. The lowest BCUT2D eigenvalue weighted by Gasteiger charge is -2.19. The van der Waals surface area contributed by atoms with Gasteiger partial charge in [-0.05, 0) is 38.3 Å². The first-order valence-electron chi connectivity index (χ1n) is 7.09. The highest BCUT2D eigenvalue weighted by Gasteiger charge is 2.40. The molecule has 0 fully saturated rings. The van der Waals surface area contributed by atoms with E-state index < -0.39 is 22.0 Å². The highest BCUT2D eigenvalue weighted by Crippen LogP contribution is 2.43. The number of nitrogens with zero attached hydrogens (tertiary/aromatic N) is 1. The number of rotatable bonds is 3. The molecule has 2 atom stereocenters. The van der Waals surface area contributed by atoms with E-state index in [-0.39, 0.29) is 17.9 Å². The van der Waals surface area contributed by atoms with Gasteiger partial charge in [0.05, 0.1) is 6.21 Å². The second kappa shape index (κ2) is 5.69. The van der Waals surface area contributed by atoms with Crippen LogP contribution < -0.4 is 0 Å². The summed E-state index contributed by atoms with van der Waals surface area (Å²) in [6.45, 7) is 7.46. The van der Waals surface area contributed by atoms with E-state index in [1.807, 2.05) is 33.8 Å². The molecule has 2 nitrogen and oxygen atoms in total. The van der Waals surface area contributed by atoms with Crippen molar-refractivity contribution in [3.63, 3.8) is 0 Å². The minimum absolute atomic E-state index is 0.125. The smallest absolute Gasteiger partial charge is 0.273 e. The normalized spacial score (nSPS) is 20.5. The zero-order chi connectivity index (χ0) is 15.8. The molecule has 0 heterocycles. The summed E-state index contributed by atoms with van der Waals surface area (Å²) in [5, 5.41) is 0. The van der Waals surface area contributed by atoms with E-state index in [1.165, 1.54) is 6.07 Å². The van der Waals surface area contributed by atoms with Gasteiger partial charge in [0, 0.05) is 17.9 Å². The summed E-state index contributed by atoms with van der Waals surface area (Å²) in [5.41, 5.74) is 1.72. The number of benzene rings is 1. The second-order valence-electron chi connectivity index (χ2n) is 6.48. The zero-order valence-corrected chi connectivity index (χ0v) is 13.6. The molecule has 0 spiro atoms. The third kappa shape index (κ3) is 3.46. The Bertz CT molecular complexity index is 552. The van der Waals surface area contributed by atoms with Crippen molar-refractivity contribution in [2.45, 2.75) is 57.1 Å². The molecule has 0 saturated carbocycles. The van der Waals surface area contributed by atoms with Crippen molar-refractivity contribution in [1.29, 1.82) is 0 Å². The summed E-state index contributed by atoms with van der Waals surface area (Å²) in [6.07, 6.45) is 1.88. The average Bonchev–Trinajstić information content (AvgIpc) is 2.70. The van der Waals surface area contributed by atoms with Gasteiger partial charge in [-0.3, -0.25) is 0 Å². The zero-order valence-electron chi connectivity index (χ0n) is 12.8. The predicted molar refractivity (Wildman–Crippen MR) is 83.5 cm³/mol. The lowest BCUT2D eigenvalue weighted by atomic mass is 9.94. The van der Waals surface area contributed by atoms with Crippen LogP contribution in [0.5, 0.6) is 0 Å². The van der Waals surface area contributed by atoms with Crippen LogP contribution in [0.25, 0.3) is 0 Å². The van der Waals surface area contributed by atoms with Crippen LogP contribution in [0, 0.1) is 0 Å². The van der Waals surface area contributed by atoms with E-state index in [0.717, 1.165) is 11.1 Å². The first kappa shape index (κ1) is 16.4. The molecule has 5 heteroatoms. The molecule has 1 aliphatic rings. The Balaban J connectivity index is 2.24. The third-order valence-electron chi connectivity index (χ3n) is 3.69. The molecule has 21 heavy (non-hydrogen) atoms. The number of hydrogen-bond acceptors (Lipinski definition) is 2. The SMILES string of the molecule is CC(C=N[S+]([O-])C(C)(C)C)c1cccc2c1CCC2(F)F. The molecule has 1 aromatic rings. The molecule has 1 aliphatic carbocycles. The fourth-order valence-electron chi connectivity index (χ4n) is 2.45. The van der Waals surface area contributed by atoms with Crippen LogP contribution in [0.4, 0.5) is 8.78 Å². The monoisotopic (exact) mass is 313 g/mol. The fraction of sp³-hybridized carbons (Fsp3) is 0.562. The molecule has 0 aliphatic heterocycles. The summed E-state index contributed by atoms with van der Waals surface area (Å²) in [6, 6.07) is 5.03. The van der Waals surface area contributed by atoms with Crippen molar-refractivity contribution in [2.75, 3.05) is 0 Å². The van der Waals surface area contributed by atoms with E-state index in [2.05, 4.69) is 4.40 Å². The largest absolute Gasteiger partial charge is 0.591 e. The Kier molecular flexibility index (Phi) is 4.45. The molecule has 0 saturated heterocycles. The van der Waals surface area contributed by atoms with E-state index in [9.17, 15) is 13.3 Å². The lowest BCUT2D eigenvalue weighted by Crippen LogP contribution is -2.26. The van der Waals surface area contributed by atoms with E-state index in [4.69, 9.17) is 0 Å². The van der Waals surface area contributed by atoms with Gasteiger partial charge in [0.2, 0.25) is 0 Å². The van der Waals surface area contributed by atoms with Gasteiger partial charge in [-0.2, -0.15) is 0 Å². The van der Waals surface area contributed by atoms with Gasteiger partial charge in [0.25, 0.3) is 5.92 Å². The molecular weight excluding hydrogens is 292 g/mol. The molecule has 2 rings (SSSR count). The molecule has 0 radical (unpaired) electrons. The van der Waals surface area contributed by atoms with Crippen molar-refractivity contribution >= 4 is 17.6 Å². The summed E-state index contributed by atoms with van der Waals surface area (Å²) in [5.74, 6) is -2.85. The van der Waals surface area contributed by atoms with Crippen molar-refractivity contribution in [1.82, 2.24) is 0 Å². The summed E-state index contributed by atoms with van der Waals surface area (Å²) in [7, 11) is 0. The van der Waals surface area contributed by atoms with Crippen molar-refractivity contribution < 1.29 is 13.3 Å². The van der Waals surface area contributed by atoms with Crippen LogP contribution >= 0.6 is 0 Å². The summed E-state index contributed by atoms with van der Waals surface area (Å²) >= 11 is -1.32. The summed E-state index contributed by atoms with van der Waals surface area (Å²) < 4.78 is 43.1. The topological polar surface area (TPSA) is 35.4 Å². The molecule has 0 amide bonds. The Labute approximate surface area is 128 Å². The van der Waals surface area contributed by atoms with Crippen LogP contribution in [0.1, 0.15) is 56.7 Å². The minimum Gasteiger partial charge on any atom is -0.591 e. The van der Waals surface area contributed by atoms with Gasteiger partial charge in [-0.25, -0.2) is 8.78 Å². The number of alkyl halides is 2. The van der Waals surface area contributed by atoms with Crippen LogP contribution in [-0.2, 0) is 23.7 Å². The van der Waals surface area contributed by atoms with Gasteiger partial charge >= 0.3 is 0 Å². The van der Waals surface area contributed by atoms with E-state index in [0.29, 0.717) is 6.42 Å². The molecule has 0 aromatic heterocycles. The van der Waals surface area contributed by atoms with Crippen LogP contribution in [0.15, 0.2) is 22.6 Å². The minimum atomic E-state index is -2.73. The molecule has 0 N–H and O–H groups in total. The Morgan fingerprint density at radius 1 is 1.38 bits per heavy atom. The second-order valence-corrected chi connectivity index (χ2v) is 8.42. The Morgan fingerprint density at radius 2 is 2.05 bits per heavy atom. The molecule has 0 bridgehead atoms. The molecule has 116 valence electrons. The van der Waals surface area contributed by atoms with Crippen molar-refractivity contribution in [3.8, 4) is 0 Å². The average molecular weight is 313 g/mol. The van der Waals surface area contributed by atoms with Gasteiger partial charge in [-0.15, -0.1) is 0 Å². The molecular formula is C16H21F2NOS. The highest BCUT2D eigenvalue weighted by molar-refractivity contribution is 7.91. The van der Waals surface area contributed by atoms with Crippen molar-refractivity contribution in [3.05, 3.63) is 34.9 Å². The van der Waals surface area contributed by atoms with Crippen LogP contribution in [0.2, 0.25) is 0 Å². The number of hydrogen-bond donors (Lipinski definition) is 0. The first-order valence-corrected chi connectivity index (χ1v) is 8.20. The number of fused-ring (bicyclic) bond motifs is 1. The summed E-state index contributed by atoms with van der Waals surface area (Å²) in [4.78, 5) is 0. The first-order chi connectivity index (χ1) is 9.63. The maximum absolute atomic E-state index is 13.8. The predicted octanol–water partition coefficient (Wildman–Crippen LogP) is 4.36. The Hall–Kier alpha value is -0.940. The van der Waals surface area contributed by atoms with Gasteiger partial charge in [-0.1, -0.05) is 29.5 Å². The lowest BCUT2D eigenvalue weighted by molar-refractivity contribution is -0.00184. The van der Waals surface area contributed by atoms with Gasteiger partial charge < -0.3 is 4.55 Å². The maximum atomic E-state index is 13.8. The van der Waals surface area contributed by atoms with E-state index >= 15 is 0 Å². The van der Waals surface area contributed by atoms with Crippen LogP contribution in [-0.4, -0.2) is 15.5 Å². The quantitative estimate of drug-likeness (QED) is 0.603. The molecule has 2 unspecified atom stereocenters. The van der Waals surface area contributed by atoms with Gasteiger partial charge in [0.15, 0.2) is 0 Å². The fourth-order valence-corrected chi connectivity index (χ4v) is 3.06. The van der Waals surface area contributed by atoms with Crippen LogP contribution in [0.3, 0.4) is 0 Å². The standard InChI is InChI=1S/C16H21F2NOS/c1-11(10-19-21(20)15(2,3)4)12-6-5-7-14-13(12)8-9-16(14,17)18/h5-7,10-11H,8-9H2,1-4H3.